The fraction of sp³-hybridized carbons (Fsp3) is 0.467. The van der Waals surface area contributed by atoms with Crippen molar-refractivity contribution >= 4 is 0 Å². The van der Waals surface area contributed by atoms with Crippen molar-refractivity contribution in [1.82, 2.24) is 5.32 Å². The van der Waals surface area contributed by atoms with Crippen LogP contribution in [0.1, 0.15) is 37.8 Å². The third-order valence-electron chi connectivity index (χ3n) is 3.12. The minimum absolute atomic E-state index is 0.199. The highest BCUT2D eigenvalue weighted by molar-refractivity contribution is 5.27. The average Bonchev–Trinajstić information content (AvgIpc) is 2.44. The molecule has 1 aromatic rings. The molecule has 0 aliphatic carbocycles. The monoisotopic (exact) mass is 267 g/mol. The van der Waals surface area contributed by atoms with Crippen LogP contribution in [0.2, 0.25) is 0 Å². The summed E-state index contributed by atoms with van der Waals surface area (Å²) in [5.74, 6) is -0.834. The lowest BCUT2D eigenvalue weighted by molar-refractivity contribution is 0.167. The Balaban J connectivity index is 2.25. The number of rotatable bonds is 5. The molecule has 1 aliphatic heterocycles. The van der Waals surface area contributed by atoms with Gasteiger partial charge in [-0.1, -0.05) is 13.0 Å². The summed E-state index contributed by atoms with van der Waals surface area (Å²) >= 11 is 0. The second-order valence-corrected chi connectivity index (χ2v) is 4.66. The first-order chi connectivity index (χ1) is 9.22. The first-order valence-electron chi connectivity index (χ1n) is 6.73. The Morgan fingerprint density at radius 2 is 2.16 bits per heavy atom. The van der Waals surface area contributed by atoms with Crippen LogP contribution in [0.25, 0.3) is 0 Å². The summed E-state index contributed by atoms with van der Waals surface area (Å²) in [5.41, 5.74) is 0.695. The van der Waals surface area contributed by atoms with E-state index in [1.807, 2.05) is 6.08 Å². The summed E-state index contributed by atoms with van der Waals surface area (Å²) in [7, 11) is 0. The minimum Gasteiger partial charge on any atom is -0.496 e. The van der Waals surface area contributed by atoms with Gasteiger partial charge in [0, 0.05) is 0 Å². The van der Waals surface area contributed by atoms with Crippen molar-refractivity contribution in [2.45, 2.75) is 32.2 Å². The summed E-state index contributed by atoms with van der Waals surface area (Å²) in [6, 6.07) is 3.80. The highest BCUT2D eigenvalue weighted by Crippen LogP contribution is 2.27. The number of benzene rings is 1. The van der Waals surface area contributed by atoms with E-state index in [9.17, 15) is 8.78 Å². The number of hydrogen-bond acceptors (Lipinski definition) is 2. The lowest BCUT2D eigenvalue weighted by atomic mass is 10.0. The summed E-state index contributed by atoms with van der Waals surface area (Å²) in [6.45, 7) is 3.54. The molecule has 0 aromatic heterocycles. The van der Waals surface area contributed by atoms with Gasteiger partial charge < -0.3 is 10.1 Å². The number of hydrogen-bond donors (Lipinski definition) is 1. The Labute approximate surface area is 112 Å². The lowest BCUT2D eigenvalue weighted by Gasteiger charge is -2.25. The fourth-order valence-corrected chi connectivity index (χ4v) is 2.14. The van der Waals surface area contributed by atoms with Crippen LogP contribution in [-0.4, -0.2) is 13.2 Å². The molecular weight excluding hydrogens is 248 g/mol. The Hall–Kier alpha value is -1.42. The molecule has 0 amide bonds. The highest BCUT2D eigenvalue weighted by atomic mass is 19.2. The molecule has 19 heavy (non-hydrogen) atoms. The molecule has 1 atom stereocenters. The van der Waals surface area contributed by atoms with Crippen molar-refractivity contribution in [3.05, 3.63) is 47.2 Å². The van der Waals surface area contributed by atoms with Crippen LogP contribution in [0.5, 0.6) is 0 Å². The van der Waals surface area contributed by atoms with Crippen molar-refractivity contribution in [1.29, 1.82) is 0 Å². The second-order valence-electron chi connectivity index (χ2n) is 4.66. The van der Waals surface area contributed by atoms with Gasteiger partial charge in [-0.15, -0.1) is 0 Å². The second kappa shape index (κ2) is 6.66. The molecule has 2 rings (SSSR count). The smallest absolute Gasteiger partial charge is 0.159 e. The zero-order valence-corrected chi connectivity index (χ0v) is 11.1. The average molecular weight is 267 g/mol. The Kier molecular flexibility index (Phi) is 4.91. The van der Waals surface area contributed by atoms with E-state index in [0.29, 0.717) is 12.2 Å². The van der Waals surface area contributed by atoms with Gasteiger partial charge in [-0.25, -0.2) is 8.78 Å². The molecule has 104 valence electrons. The molecule has 0 saturated heterocycles. The summed E-state index contributed by atoms with van der Waals surface area (Å²) in [4.78, 5) is 0. The van der Waals surface area contributed by atoms with E-state index in [2.05, 4.69) is 12.2 Å². The van der Waals surface area contributed by atoms with Crippen LogP contribution in [0.15, 0.2) is 30.0 Å². The van der Waals surface area contributed by atoms with Crippen molar-refractivity contribution in [2.75, 3.05) is 13.2 Å². The summed E-state index contributed by atoms with van der Waals surface area (Å²) < 4.78 is 32.0. The SMILES string of the molecule is CCCNC(C1=CCCCO1)c1ccc(F)c(F)c1. The van der Waals surface area contributed by atoms with Crippen molar-refractivity contribution < 1.29 is 13.5 Å². The number of allylic oxidation sites excluding steroid dienone is 1. The zero-order valence-electron chi connectivity index (χ0n) is 11.1. The Morgan fingerprint density at radius 1 is 1.32 bits per heavy atom. The van der Waals surface area contributed by atoms with E-state index in [1.54, 1.807) is 6.07 Å². The molecule has 1 heterocycles. The van der Waals surface area contributed by atoms with E-state index in [4.69, 9.17) is 4.74 Å². The maximum Gasteiger partial charge on any atom is 0.159 e. The predicted molar refractivity (Wildman–Crippen MR) is 70.7 cm³/mol. The molecule has 1 aliphatic rings. The molecule has 1 N–H and O–H groups in total. The first-order valence-corrected chi connectivity index (χ1v) is 6.73. The molecule has 0 radical (unpaired) electrons. The van der Waals surface area contributed by atoms with Gasteiger partial charge in [-0.3, -0.25) is 0 Å². The highest BCUT2D eigenvalue weighted by Gasteiger charge is 2.20. The van der Waals surface area contributed by atoms with Crippen molar-refractivity contribution in [3.63, 3.8) is 0 Å². The summed E-state index contributed by atoms with van der Waals surface area (Å²) in [5, 5.41) is 3.32. The fourth-order valence-electron chi connectivity index (χ4n) is 2.14. The predicted octanol–water partition coefficient (Wildman–Crippen LogP) is 3.70. The molecule has 0 spiro atoms. The largest absolute Gasteiger partial charge is 0.496 e. The molecule has 1 unspecified atom stereocenters. The molecule has 0 bridgehead atoms. The van der Waals surface area contributed by atoms with E-state index in [0.717, 1.165) is 37.6 Å². The van der Waals surface area contributed by atoms with E-state index in [1.165, 1.54) is 6.07 Å². The maximum atomic E-state index is 13.4. The van der Waals surface area contributed by atoms with Crippen LogP contribution < -0.4 is 5.32 Å². The normalized spacial score (nSPS) is 16.7. The van der Waals surface area contributed by atoms with Gasteiger partial charge in [-0.2, -0.15) is 0 Å². The number of nitrogens with one attached hydrogen (secondary N) is 1. The van der Waals surface area contributed by atoms with E-state index < -0.39 is 11.6 Å². The van der Waals surface area contributed by atoms with Gasteiger partial charge in [0.15, 0.2) is 11.6 Å². The topological polar surface area (TPSA) is 21.3 Å². The molecule has 0 fully saturated rings. The van der Waals surface area contributed by atoms with E-state index >= 15 is 0 Å². The van der Waals surface area contributed by atoms with Crippen LogP contribution >= 0.6 is 0 Å². The minimum atomic E-state index is -0.823. The van der Waals surface area contributed by atoms with Gasteiger partial charge in [0.05, 0.1) is 12.6 Å². The van der Waals surface area contributed by atoms with Crippen LogP contribution in [0.4, 0.5) is 8.78 Å². The third-order valence-corrected chi connectivity index (χ3v) is 3.12. The van der Waals surface area contributed by atoms with Crippen molar-refractivity contribution in [3.8, 4) is 0 Å². The molecular formula is C15H19F2NO. The Morgan fingerprint density at radius 3 is 2.79 bits per heavy atom. The number of ether oxygens (including phenoxy) is 1. The number of halogens is 2. The molecule has 1 aromatic carbocycles. The quantitative estimate of drug-likeness (QED) is 0.878. The standard InChI is InChI=1S/C15H19F2NO/c1-2-8-18-15(14-5-3-4-9-19-14)11-6-7-12(16)13(17)10-11/h5-7,10,15,18H,2-4,8-9H2,1H3. The lowest BCUT2D eigenvalue weighted by Crippen LogP contribution is -2.26. The van der Waals surface area contributed by atoms with Gasteiger partial charge in [0.25, 0.3) is 0 Å². The maximum absolute atomic E-state index is 13.4. The van der Waals surface area contributed by atoms with Gasteiger partial charge in [0.2, 0.25) is 0 Å². The van der Waals surface area contributed by atoms with Gasteiger partial charge in [0.1, 0.15) is 5.76 Å². The van der Waals surface area contributed by atoms with Crippen LogP contribution in [0, 0.1) is 11.6 Å². The van der Waals surface area contributed by atoms with Crippen molar-refractivity contribution in [2.24, 2.45) is 0 Å². The van der Waals surface area contributed by atoms with Crippen LogP contribution in [-0.2, 0) is 4.74 Å². The molecule has 4 heteroatoms. The first kappa shape index (κ1) is 14.0. The molecule has 2 nitrogen and oxygen atoms in total. The molecule has 0 saturated carbocycles. The van der Waals surface area contributed by atoms with Gasteiger partial charge in [-0.05, 0) is 49.6 Å². The van der Waals surface area contributed by atoms with Gasteiger partial charge >= 0.3 is 0 Å². The van der Waals surface area contributed by atoms with E-state index in [-0.39, 0.29) is 6.04 Å². The zero-order chi connectivity index (χ0) is 13.7. The third kappa shape index (κ3) is 3.53. The summed E-state index contributed by atoms with van der Waals surface area (Å²) in [6.07, 6.45) is 4.95. The Bertz CT molecular complexity index is 459. The van der Waals surface area contributed by atoms with Crippen LogP contribution in [0.3, 0.4) is 0 Å².